The summed E-state index contributed by atoms with van der Waals surface area (Å²) in [6.45, 7) is 3.34. The van der Waals surface area contributed by atoms with Gasteiger partial charge in [0.15, 0.2) is 0 Å². The van der Waals surface area contributed by atoms with Gasteiger partial charge in [0.05, 0.1) is 18.4 Å². The van der Waals surface area contributed by atoms with E-state index < -0.39 is 5.97 Å². The predicted octanol–water partition coefficient (Wildman–Crippen LogP) is 1.18. The number of nitrogens with zero attached hydrogens (tertiary/aromatic N) is 2. The molecule has 122 valence electrons. The molecule has 0 spiro atoms. The molecule has 1 saturated heterocycles. The van der Waals surface area contributed by atoms with Crippen LogP contribution in [0.4, 0.5) is 10.5 Å². The molecule has 1 aliphatic heterocycles. The Kier molecular flexibility index (Phi) is 7.10. The molecular formula is C14H21ClN4O3. The molecule has 2 rings (SSSR count). The van der Waals surface area contributed by atoms with Crippen LogP contribution in [0.3, 0.4) is 0 Å². The first-order valence-electron chi connectivity index (χ1n) is 6.78. The van der Waals surface area contributed by atoms with Crippen molar-refractivity contribution in [2.45, 2.75) is 0 Å². The summed E-state index contributed by atoms with van der Waals surface area (Å²) in [5.74, 6) is -0.481. The number of ether oxygens (including phenoxy) is 1. The van der Waals surface area contributed by atoms with Gasteiger partial charge in [0.1, 0.15) is 0 Å². The van der Waals surface area contributed by atoms with E-state index in [0.717, 1.165) is 26.2 Å². The molecule has 0 saturated carbocycles. The van der Waals surface area contributed by atoms with Gasteiger partial charge in [-0.2, -0.15) is 0 Å². The van der Waals surface area contributed by atoms with Gasteiger partial charge in [0.25, 0.3) is 0 Å². The summed E-state index contributed by atoms with van der Waals surface area (Å²) in [6.07, 6.45) is 0. The minimum Gasteiger partial charge on any atom is -0.465 e. The van der Waals surface area contributed by atoms with Crippen LogP contribution >= 0.6 is 12.4 Å². The maximum atomic E-state index is 12.0. The molecule has 2 N–H and O–H groups in total. The van der Waals surface area contributed by atoms with Gasteiger partial charge >= 0.3 is 12.0 Å². The van der Waals surface area contributed by atoms with Gasteiger partial charge in [-0.3, -0.25) is 5.43 Å². The summed E-state index contributed by atoms with van der Waals surface area (Å²) in [7, 11) is 3.35. The van der Waals surface area contributed by atoms with E-state index >= 15 is 0 Å². The van der Waals surface area contributed by atoms with Gasteiger partial charge in [-0.05, 0) is 19.2 Å². The first kappa shape index (κ1) is 18.2. The Morgan fingerprint density at radius 1 is 1.14 bits per heavy atom. The number of urea groups is 1. The molecule has 1 aliphatic rings. The Balaban J connectivity index is 0.00000242. The number of carbonyl (C=O) groups excluding carboxylic acids is 2. The fraction of sp³-hybridized carbons (Fsp3) is 0.429. The molecule has 22 heavy (non-hydrogen) atoms. The first-order valence-corrected chi connectivity index (χ1v) is 6.78. The van der Waals surface area contributed by atoms with Crippen molar-refractivity contribution in [1.29, 1.82) is 0 Å². The number of para-hydroxylation sites is 1. The minimum atomic E-state index is -0.481. The highest BCUT2D eigenvalue weighted by Crippen LogP contribution is 2.15. The number of hydrazine groups is 1. The zero-order chi connectivity index (χ0) is 15.2. The average molecular weight is 329 g/mol. The number of esters is 1. The van der Waals surface area contributed by atoms with E-state index in [4.69, 9.17) is 4.74 Å². The van der Waals surface area contributed by atoms with Crippen LogP contribution in [0.2, 0.25) is 0 Å². The molecule has 0 unspecified atom stereocenters. The number of hydrogen-bond donors (Lipinski definition) is 2. The molecular weight excluding hydrogens is 308 g/mol. The van der Waals surface area contributed by atoms with Crippen molar-refractivity contribution < 1.29 is 14.3 Å². The second kappa shape index (κ2) is 8.57. The number of methoxy groups -OCH3 is 1. The summed E-state index contributed by atoms with van der Waals surface area (Å²) in [4.78, 5) is 25.8. The molecule has 7 nitrogen and oxygen atoms in total. The number of rotatable bonds is 3. The van der Waals surface area contributed by atoms with Crippen molar-refractivity contribution in [3.05, 3.63) is 29.8 Å². The van der Waals surface area contributed by atoms with Gasteiger partial charge in [-0.25, -0.2) is 14.6 Å². The van der Waals surface area contributed by atoms with E-state index in [1.54, 1.807) is 24.3 Å². The van der Waals surface area contributed by atoms with Crippen LogP contribution < -0.4 is 10.7 Å². The minimum absolute atomic E-state index is 0. The highest BCUT2D eigenvalue weighted by Gasteiger charge is 2.17. The summed E-state index contributed by atoms with van der Waals surface area (Å²) in [6, 6.07) is 6.37. The molecule has 1 aromatic rings. The third kappa shape index (κ3) is 4.87. The number of hydrogen-bond acceptors (Lipinski definition) is 5. The Hall–Kier alpha value is -1.83. The smallest absolute Gasteiger partial charge is 0.339 e. The lowest BCUT2D eigenvalue weighted by atomic mass is 10.2. The second-order valence-corrected chi connectivity index (χ2v) is 4.89. The number of likely N-dealkylation sites (N-methyl/N-ethyl adjacent to an activating group) is 1. The zero-order valence-corrected chi connectivity index (χ0v) is 13.5. The molecule has 8 heteroatoms. The van der Waals surface area contributed by atoms with E-state index in [1.165, 1.54) is 7.11 Å². The quantitative estimate of drug-likeness (QED) is 0.815. The zero-order valence-electron chi connectivity index (χ0n) is 12.7. The monoisotopic (exact) mass is 328 g/mol. The van der Waals surface area contributed by atoms with Crippen LogP contribution in [0.15, 0.2) is 24.3 Å². The standard InChI is InChI=1S/C14H20N4O3.ClH/c1-17-7-9-18(10-8-17)16-14(20)15-12-6-4-3-5-11(12)13(19)21-2;/h3-6H,7-10H2,1-2H3,(H2,15,16,20);1H. The SMILES string of the molecule is COC(=O)c1ccccc1NC(=O)NN1CCN(C)CC1.Cl. The molecule has 2 amide bonds. The van der Waals surface area contributed by atoms with Crippen molar-refractivity contribution in [3.63, 3.8) is 0 Å². The van der Waals surface area contributed by atoms with Crippen LogP contribution in [-0.2, 0) is 4.74 Å². The normalized spacial score (nSPS) is 15.5. The van der Waals surface area contributed by atoms with Crippen molar-refractivity contribution in [3.8, 4) is 0 Å². The highest BCUT2D eigenvalue weighted by molar-refractivity contribution is 6.00. The number of piperazine rings is 1. The van der Waals surface area contributed by atoms with Crippen molar-refractivity contribution in [2.24, 2.45) is 0 Å². The Bertz CT molecular complexity index is 519. The number of nitrogens with one attached hydrogen (secondary N) is 2. The van der Waals surface area contributed by atoms with E-state index in [0.29, 0.717) is 11.3 Å². The number of benzene rings is 1. The first-order chi connectivity index (χ1) is 10.1. The van der Waals surface area contributed by atoms with E-state index in [1.807, 2.05) is 12.1 Å². The van der Waals surface area contributed by atoms with Crippen LogP contribution in [0.1, 0.15) is 10.4 Å². The molecule has 0 atom stereocenters. The lowest BCUT2D eigenvalue weighted by Gasteiger charge is -2.32. The van der Waals surface area contributed by atoms with Crippen LogP contribution in [0.25, 0.3) is 0 Å². The second-order valence-electron chi connectivity index (χ2n) is 4.89. The summed E-state index contributed by atoms with van der Waals surface area (Å²) < 4.78 is 4.69. The molecule has 1 heterocycles. The van der Waals surface area contributed by atoms with E-state index in [9.17, 15) is 9.59 Å². The van der Waals surface area contributed by atoms with Gasteiger partial charge in [-0.1, -0.05) is 12.1 Å². The van der Waals surface area contributed by atoms with Crippen molar-refractivity contribution in [1.82, 2.24) is 15.3 Å². The highest BCUT2D eigenvalue weighted by atomic mass is 35.5. The molecule has 0 radical (unpaired) electrons. The number of amides is 2. The largest absolute Gasteiger partial charge is 0.465 e. The summed E-state index contributed by atoms with van der Waals surface area (Å²) in [5.41, 5.74) is 3.53. The van der Waals surface area contributed by atoms with Crippen molar-refractivity contribution in [2.75, 3.05) is 45.7 Å². The molecule has 0 aliphatic carbocycles. The van der Waals surface area contributed by atoms with Gasteiger partial charge in [-0.15, -0.1) is 12.4 Å². The number of halogens is 1. The topological polar surface area (TPSA) is 73.9 Å². The summed E-state index contributed by atoms with van der Waals surface area (Å²) >= 11 is 0. The fourth-order valence-electron chi connectivity index (χ4n) is 2.09. The maximum absolute atomic E-state index is 12.0. The van der Waals surface area contributed by atoms with Crippen LogP contribution in [0.5, 0.6) is 0 Å². The van der Waals surface area contributed by atoms with E-state index in [2.05, 4.69) is 15.6 Å². The van der Waals surface area contributed by atoms with Crippen molar-refractivity contribution >= 4 is 30.1 Å². The average Bonchev–Trinajstić information content (AvgIpc) is 2.49. The third-order valence-corrected chi connectivity index (χ3v) is 3.34. The van der Waals surface area contributed by atoms with Gasteiger partial charge in [0, 0.05) is 26.2 Å². The molecule has 0 aromatic heterocycles. The molecule has 0 bridgehead atoms. The lowest BCUT2D eigenvalue weighted by molar-refractivity contribution is 0.0602. The van der Waals surface area contributed by atoms with Gasteiger partial charge in [0.2, 0.25) is 0 Å². The molecule has 1 fully saturated rings. The van der Waals surface area contributed by atoms with Gasteiger partial charge < -0.3 is 15.0 Å². The van der Waals surface area contributed by atoms with Crippen LogP contribution in [-0.4, -0.2) is 62.2 Å². The Morgan fingerprint density at radius 3 is 2.41 bits per heavy atom. The molecule has 1 aromatic carbocycles. The maximum Gasteiger partial charge on any atom is 0.339 e. The predicted molar refractivity (Wildman–Crippen MR) is 86.3 cm³/mol. The van der Waals surface area contributed by atoms with E-state index in [-0.39, 0.29) is 18.4 Å². The summed E-state index contributed by atoms with van der Waals surface area (Å²) in [5, 5.41) is 4.54. The van der Waals surface area contributed by atoms with Crippen LogP contribution in [0, 0.1) is 0 Å². The lowest BCUT2D eigenvalue weighted by Crippen LogP contribution is -2.53. The Morgan fingerprint density at radius 2 is 1.77 bits per heavy atom. The Labute approximate surface area is 136 Å². The number of anilines is 1. The third-order valence-electron chi connectivity index (χ3n) is 3.34. The number of carbonyl (C=O) groups is 2. The fourth-order valence-corrected chi connectivity index (χ4v) is 2.09.